The lowest BCUT2D eigenvalue weighted by Gasteiger charge is -2.11. The lowest BCUT2D eigenvalue weighted by molar-refractivity contribution is 0.0398. The molecule has 0 saturated carbocycles. The molecule has 1 N–H and O–H groups in total. The van der Waals surface area contributed by atoms with Crippen molar-refractivity contribution in [3.63, 3.8) is 0 Å². The minimum atomic E-state index is -0.484. The fraction of sp³-hybridized carbons (Fsp3) is 0.250. The average Bonchev–Trinajstić information content (AvgIpc) is 2.46. The summed E-state index contributed by atoms with van der Waals surface area (Å²) in [6, 6.07) is 17.6. The van der Waals surface area contributed by atoms with E-state index < -0.39 is 6.10 Å². The number of thioether (sulfide) groups is 1. The second-order valence-corrected chi connectivity index (χ2v) is 5.95. The van der Waals surface area contributed by atoms with Gasteiger partial charge in [0.15, 0.2) is 0 Å². The topological polar surface area (TPSA) is 29.5 Å². The highest BCUT2D eigenvalue weighted by molar-refractivity contribution is 7.99. The molecule has 0 spiro atoms. The third-order valence-corrected chi connectivity index (χ3v) is 4.03. The second-order valence-electron chi connectivity index (χ2n) is 4.42. The molecule has 0 amide bonds. The van der Waals surface area contributed by atoms with E-state index in [9.17, 15) is 5.11 Å². The van der Waals surface area contributed by atoms with Gasteiger partial charge in [0.25, 0.3) is 0 Å². The standard InChI is InChI=1S/C16H17ClO2S/c17-14-7-4-8-16(9-14)20-12-15(18)11-19-10-13-5-2-1-3-6-13/h1-9,15,18H,10-12H2. The van der Waals surface area contributed by atoms with Gasteiger partial charge in [0, 0.05) is 15.7 Å². The molecular weight excluding hydrogens is 292 g/mol. The van der Waals surface area contributed by atoms with E-state index in [2.05, 4.69) is 0 Å². The van der Waals surface area contributed by atoms with Crippen molar-refractivity contribution in [2.24, 2.45) is 0 Å². The van der Waals surface area contributed by atoms with E-state index in [0.29, 0.717) is 24.0 Å². The molecule has 0 radical (unpaired) electrons. The molecule has 1 atom stereocenters. The maximum absolute atomic E-state index is 9.88. The van der Waals surface area contributed by atoms with Crippen LogP contribution in [0.5, 0.6) is 0 Å². The highest BCUT2D eigenvalue weighted by Crippen LogP contribution is 2.22. The Labute approximate surface area is 128 Å². The van der Waals surface area contributed by atoms with Gasteiger partial charge < -0.3 is 9.84 Å². The van der Waals surface area contributed by atoms with Crippen molar-refractivity contribution in [3.8, 4) is 0 Å². The van der Waals surface area contributed by atoms with Crippen LogP contribution in [0.25, 0.3) is 0 Å². The maximum atomic E-state index is 9.88. The molecule has 106 valence electrons. The molecule has 4 heteroatoms. The lowest BCUT2D eigenvalue weighted by Crippen LogP contribution is -2.17. The summed E-state index contributed by atoms with van der Waals surface area (Å²) in [6.07, 6.45) is -0.484. The van der Waals surface area contributed by atoms with Crippen LogP contribution in [0.2, 0.25) is 5.02 Å². The number of benzene rings is 2. The van der Waals surface area contributed by atoms with Crippen molar-refractivity contribution >= 4 is 23.4 Å². The molecule has 2 aromatic rings. The summed E-state index contributed by atoms with van der Waals surface area (Å²) >= 11 is 7.49. The van der Waals surface area contributed by atoms with Crippen LogP contribution in [0.4, 0.5) is 0 Å². The van der Waals surface area contributed by atoms with Gasteiger partial charge in [-0.05, 0) is 23.8 Å². The Hall–Kier alpha value is -1.00. The Morgan fingerprint density at radius 3 is 2.65 bits per heavy atom. The number of aliphatic hydroxyl groups is 1. The van der Waals surface area contributed by atoms with Crippen molar-refractivity contribution in [3.05, 3.63) is 65.2 Å². The highest BCUT2D eigenvalue weighted by Gasteiger charge is 2.06. The minimum Gasteiger partial charge on any atom is -0.390 e. The third-order valence-electron chi connectivity index (χ3n) is 2.66. The predicted molar refractivity (Wildman–Crippen MR) is 84.3 cm³/mol. The van der Waals surface area contributed by atoms with Crippen LogP contribution in [0, 0.1) is 0 Å². The zero-order valence-corrected chi connectivity index (χ0v) is 12.6. The van der Waals surface area contributed by atoms with Crippen LogP contribution < -0.4 is 0 Å². The molecule has 0 aliphatic rings. The van der Waals surface area contributed by atoms with Gasteiger partial charge in [-0.2, -0.15) is 0 Å². The number of halogens is 1. The third kappa shape index (κ3) is 5.55. The predicted octanol–water partition coefficient (Wildman–Crippen LogP) is 4.01. The molecule has 2 rings (SSSR count). The first kappa shape index (κ1) is 15.4. The van der Waals surface area contributed by atoms with Gasteiger partial charge in [-0.25, -0.2) is 0 Å². The molecule has 0 fully saturated rings. The molecule has 0 aliphatic heterocycles. The molecule has 0 saturated heterocycles. The van der Waals surface area contributed by atoms with Crippen LogP contribution in [0.1, 0.15) is 5.56 Å². The van der Waals surface area contributed by atoms with E-state index in [1.165, 1.54) is 0 Å². The SMILES string of the molecule is OC(COCc1ccccc1)CSc1cccc(Cl)c1. The largest absolute Gasteiger partial charge is 0.390 e. The Kier molecular flexibility index (Phi) is 6.40. The number of aliphatic hydroxyl groups excluding tert-OH is 1. The van der Waals surface area contributed by atoms with Crippen LogP contribution in [-0.2, 0) is 11.3 Å². The van der Waals surface area contributed by atoms with E-state index in [-0.39, 0.29) is 0 Å². The number of hydrogen-bond acceptors (Lipinski definition) is 3. The van der Waals surface area contributed by atoms with Crippen LogP contribution in [0.3, 0.4) is 0 Å². The molecule has 20 heavy (non-hydrogen) atoms. The van der Waals surface area contributed by atoms with Gasteiger partial charge >= 0.3 is 0 Å². The van der Waals surface area contributed by atoms with Crippen LogP contribution in [0.15, 0.2) is 59.5 Å². The summed E-state index contributed by atoms with van der Waals surface area (Å²) in [5.74, 6) is 0.592. The molecule has 0 aliphatic carbocycles. The van der Waals surface area contributed by atoms with Gasteiger partial charge in [0.05, 0.1) is 19.3 Å². The molecule has 0 aromatic heterocycles. The molecule has 0 bridgehead atoms. The quantitative estimate of drug-likeness (QED) is 0.784. The number of rotatable bonds is 7. The van der Waals surface area contributed by atoms with Crippen molar-refractivity contribution < 1.29 is 9.84 Å². The van der Waals surface area contributed by atoms with E-state index in [0.717, 1.165) is 10.5 Å². The lowest BCUT2D eigenvalue weighted by atomic mass is 10.2. The maximum Gasteiger partial charge on any atom is 0.0867 e. The second kappa shape index (κ2) is 8.32. The van der Waals surface area contributed by atoms with E-state index in [1.54, 1.807) is 11.8 Å². The van der Waals surface area contributed by atoms with E-state index in [1.807, 2.05) is 54.6 Å². The number of ether oxygens (including phenoxy) is 1. The first-order valence-electron chi connectivity index (χ1n) is 6.42. The zero-order chi connectivity index (χ0) is 14.2. The summed E-state index contributed by atoms with van der Waals surface area (Å²) in [4.78, 5) is 1.06. The van der Waals surface area contributed by atoms with Gasteiger partial charge in [-0.15, -0.1) is 11.8 Å². The monoisotopic (exact) mass is 308 g/mol. The normalized spacial score (nSPS) is 12.3. The van der Waals surface area contributed by atoms with Gasteiger partial charge in [-0.1, -0.05) is 48.0 Å². The zero-order valence-electron chi connectivity index (χ0n) is 11.0. The molecule has 2 aromatic carbocycles. The Morgan fingerprint density at radius 1 is 1.10 bits per heavy atom. The summed E-state index contributed by atoms with van der Waals surface area (Å²) in [7, 11) is 0. The summed E-state index contributed by atoms with van der Waals surface area (Å²) in [5.41, 5.74) is 1.11. The Bertz CT molecular complexity index is 519. The summed E-state index contributed by atoms with van der Waals surface area (Å²) in [5, 5.41) is 10.6. The number of hydrogen-bond donors (Lipinski definition) is 1. The Morgan fingerprint density at radius 2 is 1.90 bits per heavy atom. The van der Waals surface area contributed by atoms with Crippen molar-refractivity contribution in [1.82, 2.24) is 0 Å². The molecule has 2 nitrogen and oxygen atoms in total. The highest BCUT2D eigenvalue weighted by atomic mass is 35.5. The van der Waals surface area contributed by atoms with Crippen LogP contribution in [-0.4, -0.2) is 23.6 Å². The molecule has 1 unspecified atom stereocenters. The van der Waals surface area contributed by atoms with Crippen molar-refractivity contribution in [2.75, 3.05) is 12.4 Å². The van der Waals surface area contributed by atoms with Gasteiger partial charge in [-0.3, -0.25) is 0 Å². The fourth-order valence-corrected chi connectivity index (χ4v) is 2.81. The summed E-state index contributed by atoms with van der Waals surface area (Å²) in [6.45, 7) is 0.863. The molecule has 0 heterocycles. The first-order chi connectivity index (χ1) is 9.74. The minimum absolute atomic E-state index is 0.336. The first-order valence-corrected chi connectivity index (χ1v) is 7.78. The smallest absolute Gasteiger partial charge is 0.0867 e. The van der Waals surface area contributed by atoms with Crippen molar-refractivity contribution in [1.29, 1.82) is 0 Å². The fourth-order valence-electron chi connectivity index (χ4n) is 1.68. The van der Waals surface area contributed by atoms with Crippen molar-refractivity contribution in [2.45, 2.75) is 17.6 Å². The van der Waals surface area contributed by atoms with Gasteiger partial charge in [0.2, 0.25) is 0 Å². The van der Waals surface area contributed by atoms with E-state index >= 15 is 0 Å². The van der Waals surface area contributed by atoms with Gasteiger partial charge in [0.1, 0.15) is 0 Å². The average molecular weight is 309 g/mol. The summed E-state index contributed by atoms with van der Waals surface area (Å²) < 4.78 is 5.50. The van der Waals surface area contributed by atoms with Crippen LogP contribution >= 0.6 is 23.4 Å². The van der Waals surface area contributed by atoms with E-state index in [4.69, 9.17) is 16.3 Å². The Balaban J connectivity index is 1.67. The molecular formula is C16H17ClO2S.